The van der Waals surface area contributed by atoms with E-state index >= 15 is 0 Å². The molecule has 4 nitrogen and oxygen atoms in total. The summed E-state index contributed by atoms with van der Waals surface area (Å²) in [5.41, 5.74) is 4.57. The summed E-state index contributed by atoms with van der Waals surface area (Å²) in [4.78, 5) is 10.7. The smallest absolute Gasteiger partial charge is 0.272 e. The monoisotopic (exact) mass is 254 g/mol. The molecule has 4 heteroatoms. The first-order valence-corrected chi connectivity index (χ1v) is 6.32. The third kappa shape index (κ3) is 2.29. The lowest BCUT2D eigenvalue weighted by Crippen LogP contribution is -1.96. The molecule has 0 radical (unpaired) electrons. The number of nitro benzene ring substituents is 1. The Balaban J connectivity index is 1.91. The SMILES string of the molecule is O=[N+]([O-])c1ccccc1Cc1ccc2c(c1)CCN2. The van der Waals surface area contributed by atoms with Gasteiger partial charge in [0, 0.05) is 30.3 Å². The number of hydrogen-bond acceptors (Lipinski definition) is 3. The Hall–Kier alpha value is -2.36. The second kappa shape index (κ2) is 4.72. The number of nitrogens with zero attached hydrogens (tertiary/aromatic N) is 1. The highest BCUT2D eigenvalue weighted by Crippen LogP contribution is 2.26. The van der Waals surface area contributed by atoms with Gasteiger partial charge in [-0.15, -0.1) is 0 Å². The number of fused-ring (bicyclic) bond motifs is 1. The van der Waals surface area contributed by atoms with E-state index in [-0.39, 0.29) is 10.6 Å². The second-order valence-corrected chi connectivity index (χ2v) is 4.73. The lowest BCUT2D eigenvalue weighted by molar-refractivity contribution is -0.385. The molecule has 0 fully saturated rings. The number of nitrogens with one attached hydrogen (secondary N) is 1. The molecular weight excluding hydrogens is 240 g/mol. The van der Waals surface area contributed by atoms with Crippen LogP contribution in [0.25, 0.3) is 0 Å². The van der Waals surface area contributed by atoms with Gasteiger partial charge in [0.2, 0.25) is 0 Å². The fourth-order valence-electron chi connectivity index (χ4n) is 2.53. The van der Waals surface area contributed by atoms with Crippen molar-refractivity contribution in [1.29, 1.82) is 0 Å². The van der Waals surface area contributed by atoms with E-state index in [0.29, 0.717) is 6.42 Å². The van der Waals surface area contributed by atoms with Crippen LogP contribution in [0.3, 0.4) is 0 Å². The van der Waals surface area contributed by atoms with E-state index in [1.165, 1.54) is 11.3 Å². The molecule has 0 aromatic heterocycles. The molecule has 0 saturated carbocycles. The summed E-state index contributed by atoms with van der Waals surface area (Å²) < 4.78 is 0. The summed E-state index contributed by atoms with van der Waals surface area (Å²) in [6, 6.07) is 13.2. The summed E-state index contributed by atoms with van der Waals surface area (Å²) >= 11 is 0. The van der Waals surface area contributed by atoms with Gasteiger partial charge < -0.3 is 5.32 Å². The summed E-state index contributed by atoms with van der Waals surface area (Å²) in [5.74, 6) is 0. The highest BCUT2D eigenvalue weighted by molar-refractivity contribution is 5.57. The Morgan fingerprint density at radius 2 is 2.05 bits per heavy atom. The maximum Gasteiger partial charge on any atom is 0.272 e. The fraction of sp³-hybridized carbons (Fsp3) is 0.200. The summed E-state index contributed by atoms with van der Waals surface area (Å²) in [7, 11) is 0. The lowest BCUT2D eigenvalue weighted by Gasteiger charge is -2.06. The Morgan fingerprint density at radius 3 is 2.89 bits per heavy atom. The number of nitro groups is 1. The minimum absolute atomic E-state index is 0.195. The van der Waals surface area contributed by atoms with Gasteiger partial charge in [0.15, 0.2) is 0 Å². The molecule has 0 aliphatic carbocycles. The highest BCUT2D eigenvalue weighted by Gasteiger charge is 2.14. The van der Waals surface area contributed by atoms with Crippen LogP contribution < -0.4 is 5.32 Å². The van der Waals surface area contributed by atoms with Crippen molar-refractivity contribution in [2.45, 2.75) is 12.8 Å². The topological polar surface area (TPSA) is 55.2 Å². The van der Waals surface area contributed by atoms with Gasteiger partial charge >= 0.3 is 0 Å². The van der Waals surface area contributed by atoms with Gasteiger partial charge in [0.25, 0.3) is 5.69 Å². The van der Waals surface area contributed by atoms with Crippen LogP contribution in [-0.4, -0.2) is 11.5 Å². The highest BCUT2D eigenvalue weighted by atomic mass is 16.6. The largest absolute Gasteiger partial charge is 0.384 e. The van der Waals surface area contributed by atoms with Crippen molar-refractivity contribution in [3.05, 3.63) is 69.3 Å². The predicted molar refractivity (Wildman–Crippen MR) is 74.5 cm³/mol. The summed E-state index contributed by atoms with van der Waals surface area (Å²) in [5, 5.41) is 14.3. The van der Waals surface area contributed by atoms with E-state index in [1.54, 1.807) is 12.1 Å². The number of hydrogen-bond donors (Lipinski definition) is 1. The van der Waals surface area contributed by atoms with Crippen LogP contribution in [0.1, 0.15) is 16.7 Å². The van der Waals surface area contributed by atoms with E-state index in [2.05, 4.69) is 17.4 Å². The Morgan fingerprint density at radius 1 is 1.21 bits per heavy atom. The molecule has 96 valence electrons. The van der Waals surface area contributed by atoms with E-state index in [1.807, 2.05) is 18.2 Å². The van der Waals surface area contributed by atoms with Gasteiger partial charge in [0.1, 0.15) is 0 Å². The zero-order valence-electron chi connectivity index (χ0n) is 10.4. The quantitative estimate of drug-likeness (QED) is 0.676. The van der Waals surface area contributed by atoms with Crippen LogP contribution in [0.2, 0.25) is 0 Å². The fourth-order valence-corrected chi connectivity index (χ4v) is 2.53. The van der Waals surface area contributed by atoms with Gasteiger partial charge in [-0.2, -0.15) is 0 Å². The first kappa shape index (κ1) is 11.7. The van der Waals surface area contributed by atoms with Crippen molar-refractivity contribution in [2.75, 3.05) is 11.9 Å². The lowest BCUT2D eigenvalue weighted by atomic mass is 10.0. The van der Waals surface area contributed by atoms with Crippen LogP contribution in [0.5, 0.6) is 0 Å². The van der Waals surface area contributed by atoms with Crippen molar-refractivity contribution in [2.24, 2.45) is 0 Å². The average molecular weight is 254 g/mol. The molecule has 0 bridgehead atoms. The molecule has 1 aliphatic heterocycles. The standard InChI is InChI=1S/C15H14N2O2/c18-17(19)15-4-2-1-3-13(15)10-11-5-6-14-12(9-11)7-8-16-14/h1-6,9,16H,7-8,10H2. The van der Waals surface area contributed by atoms with Gasteiger partial charge in [-0.25, -0.2) is 0 Å². The van der Waals surface area contributed by atoms with Crippen molar-refractivity contribution < 1.29 is 4.92 Å². The van der Waals surface area contributed by atoms with Gasteiger partial charge in [-0.3, -0.25) is 10.1 Å². The predicted octanol–water partition coefficient (Wildman–Crippen LogP) is 3.15. The van der Waals surface area contributed by atoms with Crippen LogP contribution in [0, 0.1) is 10.1 Å². The molecule has 0 spiro atoms. The Bertz CT molecular complexity index is 638. The van der Waals surface area contributed by atoms with Crippen molar-refractivity contribution in [1.82, 2.24) is 0 Å². The number of benzene rings is 2. The molecule has 0 unspecified atom stereocenters. The van der Waals surface area contributed by atoms with Crippen LogP contribution in [0.4, 0.5) is 11.4 Å². The molecule has 19 heavy (non-hydrogen) atoms. The Labute approximate surface area is 111 Å². The third-order valence-corrected chi connectivity index (χ3v) is 3.46. The number of anilines is 1. The van der Waals surface area contributed by atoms with Crippen LogP contribution >= 0.6 is 0 Å². The molecule has 0 amide bonds. The van der Waals surface area contributed by atoms with Crippen LogP contribution in [-0.2, 0) is 12.8 Å². The Kier molecular flexibility index (Phi) is 2.91. The molecule has 2 aromatic rings. The minimum Gasteiger partial charge on any atom is -0.384 e. The van der Waals surface area contributed by atoms with E-state index in [9.17, 15) is 10.1 Å². The average Bonchev–Trinajstić information content (AvgIpc) is 2.86. The third-order valence-electron chi connectivity index (χ3n) is 3.46. The first-order valence-electron chi connectivity index (χ1n) is 6.32. The molecule has 0 atom stereocenters. The van der Waals surface area contributed by atoms with Crippen molar-refractivity contribution in [3.63, 3.8) is 0 Å². The first-order chi connectivity index (χ1) is 9.24. The van der Waals surface area contributed by atoms with E-state index < -0.39 is 0 Å². The maximum atomic E-state index is 11.0. The molecule has 0 saturated heterocycles. The number of para-hydroxylation sites is 1. The number of rotatable bonds is 3. The molecular formula is C15H14N2O2. The van der Waals surface area contributed by atoms with Crippen molar-refractivity contribution in [3.8, 4) is 0 Å². The zero-order chi connectivity index (χ0) is 13.2. The minimum atomic E-state index is -0.315. The molecule has 1 heterocycles. The van der Waals surface area contributed by atoms with Gasteiger partial charge in [-0.1, -0.05) is 30.3 Å². The van der Waals surface area contributed by atoms with Crippen LogP contribution in [0.15, 0.2) is 42.5 Å². The maximum absolute atomic E-state index is 11.0. The summed E-state index contributed by atoms with van der Waals surface area (Å²) in [6.07, 6.45) is 1.63. The molecule has 3 rings (SSSR count). The van der Waals surface area contributed by atoms with Gasteiger partial charge in [-0.05, 0) is 23.6 Å². The van der Waals surface area contributed by atoms with Crippen molar-refractivity contribution >= 4 is 11.4 Å². The van der Waals surface area contributed by atoms with E-state index in [4.69, 9.17) is 0 Å². The van der Waals surface area contributed by atoms with E-state index in [0.717, 1.165) is 24.1 Å². The van der Waals surface area contributed by atoms with Gasteiger partial charge in [0.05, 0.1) is 4.92 Å². The second-order valence-electron chi connectivity index (χ2n) is 4.73. The summed E-state index contributed by atoms with van der Waals surface area (Å²) in [6.45, 7) is 0.976. The zero-order valence-corrected chi connectivity index (χ0v) is 10.4. The molecule has 1 N–H and O–H groups in total. The molecule has 2 aromatic carbocycles. The molecule has 1 aliphatic rings. The normalized spacial score (nSPS) is 12.8.